The highest BCUT2D eigenvalue weighted by atomic mass is 15.3. The first-order valence-corrected chi connectivity index (χ1v) is 2.65. The predicted molar refractivity (Wildman–Crippen MR) is 32.9 cm³/mol. The van der Waals surface area contributed by atoms with E-state index in [-0.39, 0.29) is 0 Å². The molecule has 0 saturated heterocycles. The van der Waals surface area contributed by atoms with Gasteiger partial charge in [-0.15, -0.1) is 0 Å². The molecular weight excluding hydrogens is 102 g/mol. The number of nitrogens with one attached hydrogen (secondary N) is 2. The maximum Gasteiger partial charge on any atom is 0.118 e. The van der Waals surface area contributed by atoms with Crippen molar-refractivity contribution in [3.05, 3.63) is 12.0 Å². The van der Waals surface area contributed by atoms with Crippen LogP contribution in [-0.2, 0) is 0 Å². The van der Waals surface area contributed by atoms with Gasteiger partial charge in [-0.25, -0.2) is 0 Å². The molecule has 3 nitrogen and oxygen atoms in total. The summed E-state index contributed by atoms with van der Waals surface area (Å²) in [6.45, 7) is 0.855. The Hall–Kier alpha value is -0.860. The molecule has 0 aromatic carbocycles. The predicted octanol–water partition coefficient (Wildman–Crippen LogP) is -0.503. The molecule has 2 N–H and O–H groups in total. The van der Waals surface area contributed by atoms with Crippen molar-refractivity contribution < 1.29 is 0 Å². The number of rotatable bonds is 1. The molecule has 3 heteroatoms. The highest BCUT2D eigenvalue weighted by molar-refractivity contribution is 4.99. The molecule has 46 valence electrons. The molecule has 0 aromatic heterocycles. The van der Waals surface area contributed by atoms with Gasteiger partial charge in [0.1, 0.15) is 5.82 Å². The van der Waals surface area contributed by atoms with Crippen LogP contribution in [0.3, 0.4) is 0 Å². The number of hydrogen-bond acceptors (Lipinski definition) is 3. The molecule has 0 saturated carbocycles. The number of hydrogen-bond donors (Lipinski definition) is 2. The van der Waals surface area contributed by atoms with E-state index >= 15 is 0 Å². The highest BCUT2D eigenvalue weighted by Crippen LogP contribution is 1.93. The second-order valence-corrected chi connectivity index (χ2v) is 1.98. The third kappa shape index (κ3) is 0.857. The lowest BCUT2D eigenvalue weighted by Gasteiger charge is -2.11. The number of nitrogens with zero attached hydrogens (tertiary/aromatic N) is 1. The van der Waals surface area contributed by atoms with E-state index in [0.717, 1.165) is 12.5 Å². The summed E-state index contributed by atoms with van der Waals surface area (Å²) in [5, 5.41) is 6.17. The molecule has 1 aliphatic heterocycles. The Labute approximate surface area is 49.4 Å². The van der Waals surface area contributed by atoms with Crippen molar-refractivity contribution in [1.82, 2.24) is 15.5 Å². The van der Waals surface area contributed by atoms with Crippen LogP contribution in [-0.4, -0.2) is 25.7 Å². The van der Waals surface area contributed by atoms with Crippen molar-refractivity contribution >= 4 is 0 Å². The topological polar surface area (TPSA) is 27.3 Å². The normalized spacial score (nSPS) is 16.5. The van der Waals surface area contributed by atoms with E-state index in [1.54, 1.807) is 0 Å². The zero-order valence-corrected chi connectivity index (χ0v) is 5.23. The Morgan fingerprint density at radius 2 is 2.38 bits per heavy atom. The summed E-state index contributed by atoms with van der Waals surface area (Å²) in [5.74, 6) is 1.14. The minimum absolute atomic E-state index is 0.855. The van der Waals surface area contributed by atoms with Gasteiger partial charge in [-0.2, -0.15) is 0 Å². The molecule has 0 aliphatic carbocycles. The monoisotopic (exact) mass is 113 g/mol. The minimum Gasteiger partial charge on any atom is -0.371 e. The van der Waals surface area contributed by atoms with Crippen LogP contribution in [0.25, 0.3) is 0 Å². The highest BCUT2D eigenvalue weighted by Gasteiger charge is 2.01. The Bertz CT molecular complexity index is 106. The van der Waals surface area contributed by atoms with Gasteiger partial charge >= 0.3 is 0 Å². The molecular formula is C5H11N3. The summed E-state index contributed by atoms with van der Waals surface area (Å²) in [6.07, 6.45) is 1.96. The average Bonchev–Trinajstić information content (AvgIpc) is 2.12. The lowest BCUT2D eigenvalue weighted by Crippen LogP contribution is -2.22. The van der Waals surface area contributed by atoms with E-state index in [4.69, 9.17) is 0 Å². The maximum absolute atomic E-state index is 3.13. The Balaban J connectivity index is 2.45. The average molecular weight is 113 g/mol. The molecule has 8 heavy (non-hydrogen) atoms. The van der Waals surface area contributed by atoms with Gasteiger partial charge in [-0.3, -0.25) is 0 Å². The van der Waals surface area contributed by atoms with E-state index in [0.29, 0.717) is 0 Å². The van der Waals surface area contributed by atoms with Crippen LogP contribution < -0.4 is 10.6 Å². The summed E-state index contributed by atoms with van der Waals surface area (Å²) in [7, 11) is 4.01. The fraction of sp³-hybridized carbons (Fsp3) is 0.600. The lowest BCUT2D eigenvalue weighted by atomic mass is 10.7. The Morgan fingerprint density at radius 3 is 2.62 bits per heavy atom. The van der Waals surface area contributed by atoms with Crippen LogP contribution >= 0.6 is 0 Å². The molecule has 1 aliphatic rings. The summed E-state index contributed by atoms with van der Waals surface area (Å²) in [4.78, 5) is 2.03. The first-order valence-electron chi connectivity index (χ1n) is 2.65. The van der Waals surface area contributed by atoms with Gasteiger partial charge in [0, 0.05) is 20.3 Å². The third-order valence-corrected chi connectivity index (χ3v) is 1.09. The molecule has 1 rings (SSSR count). The van der Waals surface area contributed by atoms with Crippen LogP contribution in [0.5, 0.6) is 0 Å². The van der Waals surface area contributed by atoms with Gasteiger partial charge in [-0.05, 0) is 0 Å². The van der Waals surface area contributed by atoms with E-state index in [9.17, 15) is 0 Å². The quantitative estimate of drug-likeness (QED) is 0.480. The van der Waals surface area contributed by atoms with Crippen LogP contribution in [0.15, 0.2) is 12.0 Å². The van der Waals surface area contributed by atoms with Gasteiger partial charge < -0.3 is 15.5 Å². The van der Waals surface area contributed by atoms with Gasteiger partial charge in [0.05, 0.1) is 6.67 Å². The van der Waals surface area contributed by atoms with Gasteiger partial charge in [0.15, 0.2) is 0 Å². The van der Waals surface area contributed by atoms with Crippen molar-refractivity contribution in [3.63, 3.8) is 0 Å². The van der Waals surface area contributed by atoms with E-state index in [2.05, 4.69) is 10.6 Å². The van der Waals surface area contributed by atoms with Crippen molar-refractivity contribution in [2.75, 3.05) is 20.8 Å². The Kier molecular flexibility index (Phi) is 1.28. The van der Waals surface area contributed by atoms with Crippen LogP contribution in [0, 0.1) is 0 Å². The van der Waals surface area contributed by atoms with Crippen molar-refractivity contribution in [3.8, 4) is 0 Å². The zero-order valence-electron chi connectivity index (χ0n) is 5.23. The smallest absolute Gasteiger partial charge is 0.118 e. The third-order valence-electron chi connectivity index (χ3n) is 1.09. The molecule has 0 atom stereocenters. The minimum atomic E-state index is 0.855. The molecule has 0 fully saturated rings. The second kappa shape index (κ2) is 1.94. The molecule has 0 radical (unpaired) electrons. The van der Waals surface area contributed by atoms with Crippen molar-refractivity contribution in [2.24, 2.45) is 0 Å². The molecule has 0 unspecified atom stereocenters. The van der Waals surface area contributed by atoms with Crippen LogP contribution in [0.4, 0.5) is 0 Å². The van der Waals surface area contributed by atoms with Gasteiger partial charge in [0.25, 0.3) is 0 Å². The summed E-state index contributed by atoms with van der Waals surface area (Å²) < 4.78 is 0. The maximum atomic E-state index is 3.13. The first-order chi connectivity index (χ1) is 3.80. The molecule has 0 aromatic rings. The molecule has 0 bridgehead atoms. The zero-order chi connectivity index (χ0) is 5.98. The summed E-state index contributed by atoms with van der Waals surface area (Å²) in [6, 6.07) is 0. The SMILES string of the molecule is CN(C)C1=CNCN1. The van der Waals surface area contributed by atoms with Crippen LogP contribution in [0.1, 0.15) is 0 Å². The Morgan fingerprint density at radius 1 is 1.62 bits per heavy atom. The lowest BCUT2D eigenvalue weighted by molar-refractivity contribution is 0.476. The van der Waals surface area contributed by atoms with Crippen molar-refractivity contribution in [2.45, 2.75) is 0 Å². The fourth-order valence-electron chi connectivity index (χ4n) is 0.628. The summed E-state index contributed by atoms with van der Waals surface area (Å²) in [5.41, 5.74) is 0. The molecule has 0 amide bonds. The van der Waals surface area contributed by atoms with Gasteiger partial charge in [0.2, 0.25) is 0 Å². The largest absolute Gasteiger partial charge is 0.371 e. The second-order valence-electron chi connectivity index (χ2n) is 1.98. The van der Waals surface area contributed by atoms with Crippen molar-refractivity contribution in [1.29, 1.82) is 0 Å². The summed E-state index contributed by atoms with van der Waals surface area (Å²) >= 11 is 0. The molecule has 1 heterocycles. The van der Waals surface area contributed by atoms with E-state index < -0.39 is 0 Å². The molecule has 0 spiro atoms. The first kappa shape index (κ1) is 5.28. The fourth-order valence-corrected chi connectivity index (χ4v) is 0.628. The van der Waals surface area contributed by atoms with E-state index in [1.165, 1.54) is 0 Å². The van der Waals surface area contributed by atoms with Gasteiger partial charge in [-0.1, -0.05) is 0 Å². The standard InChI is InChI=1S/C5H11N3/c1-8(2)5-3-6-4-7-5/h3,6-7H,4H2,1-2H3. The van der Waals surface area contributed by atoms with Crippen LogP contribution in [0.2, 0.25) is 0 Å². The van der Waals surface area contributed by atoms with E-state index in [1.807, 2.05) is 25.2 Å².